The summed E-state index contributed by atoms with van der Waals surface area (Å²) >= 11 is 1.79. The predicted octanol–water partition coefficient (Wildman–Crippen LogP) is 5.85. The monoisotopic (exact) mass is 514 g/mol. The van der Waals surface area contributed by atoms with Gasteiger partial charge in [-0.3, -0.25) is 0 Å². The number of nitrogens with zero attached hydrogens (tertiary/aromatic N) is 3. The number of aromatic nitrogens is 1. The number of likely N-dealkylation sites (tertiary alicyclic amines) is 1. The standard InChI is InChI=1S/C29H34N6OS/c1-2-13-31-23-11-12-25-27(17-23)37-28(34-25)32-19-21-7-3-8-22(15-21)26-10-5-14-35(26)29(36)33-24-9-4-6-20(16-24)18-30/h3-4,6-9,15-16,23,26,31H,2,5,10-14,17,19H2,1H3,(H,32,34)(H,33,36). The molecular formula is C29H34N6OS. The lowest BCUT2D eigenvalue weighted by atomic mass is 9.98. The number of thiazole rings is 1. The van der Waals surface area contributed by atoms with Gasteiger partial charge < -0.3 is 20.9 Å². The Kier molecular flexibility index (Phi) is 8.02. The maximum absolute atomic E-state index is 13.1. The van der Waals surface area contributed by atoms with E-state index in [2.05, 4.69) is 53.2 Å². The number of aryl methyl sites for hydroxylation is 1. The summed E-state index contributed by atoms with van der Waals surface area (Å²) in [6.45, 7) is 4.71. The second-order valence-electron chi connectivity index (χ2n) is 9.86. The van der Waals surface area contributed by atoms with E-state index in [1.54, 1.807) is 29.5 Å². The van der Waals surface area contributed by atoms with E-state index in [0.717, 1.165) is 62.3 Å². The molecule has 0 radical (unpaired) electrons. The number of benzene rings is 2. The molecule has 2 unspecified atom stereocenters. The summed E-state index contributed by atoms with van der Waals surface area (Å²) in [5.74, 6) is 0. The number of carbonyl (C=O) groups is 1. The van der Waals surface area contributed by atoms with Gasteiger partial charge in [-0.2, -0.15) is 5.26 Å². The molecule has 8 heteroatoms. The Morgan fingerprint density at radius 1 is 1.22 bits per heavy atom. The number of nitriles is 1. The van der Waals surface area contributed by atoms with Gasteiger partial charge in [0, 0.05) is 29.7 Å². The molecule has 1 saturated heterocycles. The predicted molar refractivity (Wildman–Crippen MR) is 149 cm³/mol. The van der Waals surface area contributed by atoms with E-state index in [4.69, 9.17) is 10.2 Å². The van der Waals surface area contributed by atoms with Crippen molar-refractivity contribution < 1.29 is 4.79 Å². The summed E-state index contributed by atoms with van der Waals surface area (Å²) in [4.78, 5) is 21.3. The molecule has 1 aliphatic carbocycles. The lowest BCUT2D eigenvalue weighted by molar-refractivity contribution is 0.207. The average molecular weight is 515 g/mol. The van der Waals surface area contributed by atoms with Gasteiger partial charge in [-0.15, -0.1) is 11.3 Å². The molecule has 3 aromatic rings. The van der Waals surface area contributed by atoms with Crippen molar-refractivity contribution in [3.8, 4) is 6.07 Å². The Balaban J connectivity index is 1.21. The van der Waals surface area contributed by atoms with Gasteiger partial charge in [0.25, 0.3) is 0 Å². The third kappa shape index (κ3) is 6.12. The highest BCUT2D eigenvalue weighted by molar-refractivity contribution is 7.15. The molecule has 1 aliphatic heterocycles. The Morgan fingerprint density at radius 3 is 2.97 bits per heavy atom. The quantitative estimate of drug-likeness (QED) is 0.350. The van der Waals surface area contributed by atoms with Gasteiger partial charge in [0.1, 0.15) is 0 Å². The van der Waals surface area contributed by atoms with Crippen LogP contribution in [0.15, 0.2) is 48.5 Å². The first-order valence-electron chi connectivity index (χ1n) is 13.3. The summed E-state index contributed by atoms with van der Waals surface area (Å²) in [5.41, 5.74) is 4.77. The molecule has 2 aromatic carbocycles. The minimum Gasteiger partial charge on any atom is -0.357 e. The third-order valence-corrected chi connectivity index (χ3v) is 8.24. The van der Waals surface area contributed by atoms with Crippen molar-refractivity contribution in [3.63, 3.8) is 0 Å². The molecule has 5 rings (SSSR count). The van der Waals surface area contributed by atoms with Crippen LogP contribution in [0, 0.1) is 11.3 Å². The van der Waals surface area contributed by atoms with Gasteiger partial charge in [0.2, 0.25) is 0 Å². The number of rotatable bonds is 8. The summed E-state index contributed by atoms with van der Waals surface area (Å²) in [7, 11) is 0. The largest absolute Gasteiger partial charge is 0.357 e. The fraction of sp³-hybridized carbons (Fsp3) is 0.414. The zero-order valence-electron chi connectivity index (χ0n) is 21.3. The van der Waals surface area contributed by atoms with Gasteiger partial charge in [-0.25, -0.2) is 9.78 Å². The molecule has 37 heavy (non-hydrogen) atoms. The molecule has 3 N–H and O–H groups in total. The Hall–Kier alpha value is -3.41. The van der Waals surface area contributed by atoms with E-state index in [0.29, 0.717) is 23.8 Å². The first kappa shape index (κ1) is 25.2. The van der Waals surface area contributed by atoms with Gasteiger partial charge in [0.05, 0.1) is 23.4 Å². The number of carbonyl (C=O) groups excluding carboxylic acids is 1. The van der Waals surface area contributed by atoms with Crippen LogP contribution in [-0.4, -0.2) is 35.0 Å². The molecule has 0 saturated carbocycles. The van der Waals surface area contributed by atoms with Crippen molar-refractivity contribution in [2.75, 3.05) is 23.7 Å². The minimum absolute atomic E-state index is 0.0406. The Labute approximate surface area is 222 Å². The summed E-state index contributed by atoms with van der Waals surface area (Å²) in [5, 5.41) is 20.3. The van der Waals surface area contributed by atoms with Crippen LogP contribution in [-0.2, 0) is 19.4 Å². The highest BCUT2D eigenvalue weighted by atomic mass is 32.1. The first-order valence-corrected chi connectivity index (χ1v) is 14.1. The molecule has 0 spiro atoms. The highest BCUT2D eigenvalue weighted by Gasteiger charge is 2.30. The van der Waals surface area contributed by atoms with Crippen molar-refractivity contribution in [2.45, 2.75) is 64.1 Å². The van der Waals surface area contributed by atoms with Crippen LogP contribution in [0.3, 0.4) is 0 Å². The van der Waals surface area contributed by atoms with Crippen molar-refractivity contribution in [1.29, 1.82) is 5.26 Å². The van der Waals surface area contributed by atoms with Gasteiger partial charge >= 0.3 is 6.03 Å². The zero-order chi connectivity index (χ0) is 25.6. The van der Waals surface area contributed by atoms with Crippen molar-refractivity contribution >= 4 is 28.2 Å². The molecule has 1 fully saturated rings. The topological polar surface area (TPSA) is 93.1 Å². The molecule has 0 bridgehead atoms. The Morgan fingerprint density at radius 2 is 2.11 bits per heavy atom. The average Bonchev–Trinajstić information content (AvgIpc) is 3.58. The number of urea groups is 1. The van der Waals surface area contributed by atoms with Crippen LogP contribution in [0.5, 0.6) is 0 Å². The van der Waals surface area contributed by atoms with E-state index in [1.807, 2.05) is 11.0 Å². The zero-order valence-corrected chi connectivity index (χ0v) is 22.1. The van der Waals surface area contributed by atoms with E-state index >= 15 is 0 Å². The van der Waals surface area contributed by atoms with Crippen molar-refractivity contribution in [3.05, 3.63) is 75.8 Å². The molecule has 7 nitrogen and oxygen atoms in total. The minimum atomic E-state index is -0.124. The first-order chi connectivity index (χ1) is 18.1. The number of amides is 2. The van der Waals surface area contributed by atoms with E-state index < -0.39 is 0 Å². The van der Waals surface area contributed by atoms with E-state index in [9.17, 15) is 4.79 Å². The lowest BCUT2D eigenvalue weighted by Crippen LogP contribution is -2.34. The second kappa shape index (κ2) is 11.8. The molecule has 2 aliphatic rings. The fourth-order valence-corrected chi connectivity index (χ4v) is 6.36. The number of nitrogens with one attached hydrogen (secondary N) is 3. The van der Waals surface area contributed by atoms with Crippen LogP contribution in [0.2, 0.25) is 0 Å². The summed E-state index contributed by atoms with van der Waals surface area (Å²) < 4.78 is 0. The van der Waals surface area contributed by atoms with Crippen LogP contribution in [0.1, 0.15) is 65.9 Å². The van der Waals surface area contributed by atoms with Crippen molar-refractivity contribution in [2.24, 2.45) is 0 Å². The summed E-state index contributed by atoms with van der Waals surface area (Å²) in [6, 6.07) is 18.2. The van der Waals surface area contributed by atoms with Crippen LogP contribution < -0.4 is 16.0 Å². The number of anilines is 2. The van der Waals surface area contributed by atoms with Gasteiger partial charge in [0.15, 0.2) is 5.13 Å². The van der Waals surface area contributed by atoms with Crippen molar-refractivity contribution in [1.82, 2.24) is 15.2 Å². The maximum atomic E-state index is 13.1. The van der Waals surface area contributed by atoms with Gasteiger partial charge in [-0.1, -0.05) is 37.3 Å². The summed E-state index contributed by atoms with van der Waals surface area (Å²) in [6.07, 6.45) is 6.35. The van der Waals surface area contributed by atoms with Crippen LogP contribution >= 0.6 is 11.3 Å². The molecule has 2 heterocycles. The van der Waals surface area contributed by atoms with Crippen LogP contribution in [0.25, 0.3) is 0 Å². The highest BCUT2D eigenvalue weighted by Crippen LogP contribution is 2.34. The van der Waals surface area contributed by atoms with Crippen LogP contribution in [0.4, 0.5) is 15.6 Å². The smallest absolute Gasteiger partial charge is 0.322 e. The maximum Gasteiger partial charge on any atom is 0.322 e. The number of hydrogen-bond donors (Lipinski definition) is 3. The molecule has 192 valence electrons. The molecule has 2 atom stereocenters. The number of hydrogen-bond acceptors (Lipinski definition) is 6. The molecule has 1 aromatic heterocycles. The fourth-order valence-electron chi connectivity index (χ4n) is 5.28. The lowest BCUT2D eigenvalue weighted by Gasteiger charge is -2.26. The molecule has 2 amide bonds. The van der Waals surface area contributed by atoms with E-state index in [-0.39, 0.29) is 12.1 Å². The van der Waals surface area contributed by atoms with E-state index in [1.165, 1.54) is 16.1 Å². The second-order valence-corrected chi connectivity index (χ2v) is 10.9. The normalized spacial score (nSPS) is 18.8. The Bertz CT molecular complexity index is 1280. The van der Waals surface area contributed by atoms with Gasteiger partial charge in [-0.05, 0) is 74.4 Å². The SMILES string of the molecule is CCCNC1CCc2nc(NCc3cccc(C4CCCN4C(=O)Nc4cccc(C#N)c4)c3)sc2C1. The third-order valence-electron chi connectivity index (χ3n) is 7.16. The molecular weight excluding hydrogens is 480 g/mol. The number of fused-ring (bicyclic) bond motifs is 1.